The number of hydrogen-bond donors (Lipinski definition) is 3. The molecule has 1 saturated heterocycles. The normalized spacial score (nSPS) is 20.1. The van der Waals surface area contributed by atoms with E-state index < -0.39 is 0 Å². The monoisotopic (exact) mass is 321 g/mol. The number of aliphatic hydroxyl groups excluding tert-OH is 2. The molecule has 0 aromatic carbocycles. The van der Waals surface area contributed by atoms with E-state index in [1.54, 1.807) is 0 Å². The molecule has 0 aromatic rings. The third-order valence-corrected chi connectivity index (χ3v) is 2.48. The number of rotatable bonds is 9. The second-order valence-electron chi connectivity index (χ2n) is 4.69. The Morgan fingerprint density at radius 1 is 1.18 bits per heavy atom. The Labute approximate surface area is 135 Å². The van der Waals surface area contributed by atoms with Crippen molar-refractivity contribution >= 4 is 7.85 Å². The van der Waals surface area contributed by atoms with E-state index in [1.165, 1.54) is 0 Å². The molecule has 0 spiro atoms. The van der Waals surface area contributed by atoms with E-state index in [0.717, 1.165) is 20.0 Å². The van der Waals surface area contributed by atoms with Crippen LogP contribution >= 0.6 is 0 Å². The Morgan fingerprint density at radius 2 is 1.82 bits per heavy atom. The molecule has 1 heterocycles. The third-order valence-electron chi connectivity index (χ3n) is 2.48. The maximum atomic E-state index is 8.12. The molecule has 0 amide bonds. The zero-order valence-corrected chi connectivity index (χ0v) is 14.1. The van der Waals surface area contributed by atoms with Gasteiger partial charge in [-0.3, -0.25) is 0 Å². The first-order valence-corrected chi connectivity index (χ1v) is 7.53. The van der Waals surface area contributed by atoms with Crippen LogP contribution in [-0.4, -0.2) is 83.1 Å². The molecule has 22 heavy (non-hydrogen) atoms. The minimum atomic E-state index is -0.244. The molecule has 1 fully saturated rings. The molecule has 1 aliphatic heterocycles. The van der Waals surface area contributed by atoms with E-state index in [9.17, 15) is 0 Å². The smallest absolute Gasteiger partial charge is 0.143 e. The molecule has 8 heteroatoms. The maximum absolute atomic E-state index is 8.12. The highest BCUT2D eigenvalue weighted by atomic mass is 16.6. The van der Waals surface area contributed by atoms with Gasteiger partial charge >= 0.3 is 0 Å². The van der Waals surface area contributed by atoms with Crippen molar-refractivity contribution in [2.75, 3.05) is 46.9 Å². The lowest BCUT2D eigenvalue weighted by atomic mass is 9.97. The second-order valence-corrected chi connectivity index (χ2v) is 4.69. The first kappa shape index (κ1) is 24.0. The van der Waals surface area contributed by atoms with Crippen LogP contribution in [0, 0.1) is 0 Å². The highest BCUT2D eigenvalue weighted by molar-refractivity contribution is 6.11. The van der Waals surface area contributed by atoms with Crippen LogP contribution in [0.5, 0.6) is 0 Å². The summed E-state index contributed by atoms with van der Waals surface area (Å²) in [4.78, 5) is 0. The Bertz CT molecular complexity index is 206. The van der Waals surface area contributed by atoms with Gasteiger partial charge < -0.3 is 34.9 Å². The summed E-state index contributed by atoms with van der Waals surface area (Å²) in [5.74, 6) is 0. The van der Waals surface area contributed by atoms with E-state index in [1.807, 2.05) is 13.8 Å². The van der Waals surface area contributed by atoms with Crippen LogP contribution in [0.25, 0.3) is 0 Å². The van der Waals surface area contributed by atoms with Crippen LogP contribution in [-0.2, 0) is 18.9 Å². The van der Waals surface area contributed by atoms with Gasteiger partial charge in [0, 0.05) is 19.7 Å². The van der Waals surface area contributed by atoms with Crippen molar-refractivity contribution in [3.05, 3.63) is 0 Å². The van der Waals surface area contributed by atoms with Gasteiger partial charge in [0.25, 0.3) is 0 Å². The molecule has 2 unspecified atom stereocenters. The van der Waals surface area contributed by atoms with Crippen LogP contribution in [0.3, 0.4) is 0 Å². The Hall–Kier alpha value is -0.215. The average Bonchev–Trinajstić information content (AvgIpc) is 2.93. The zero-order valence-electron chi connectivity index (χ0n) is 14.1. The van der Waals surface area contributed by atoms with Crippen molar-refractivity contribution < 1.29 is 29.2 Å². The molecule has 2 atom stereocenters. The van der Waals surface area contributed by atoms with Gasteiger partial charge in [0.2, 0.25) is 0 Å². The van der Waals surface area contributed by atoms with Crippen molar-refractivity contribution in [3.8, 4) is 0 Å². The molecule has 1 aliphatic rings. The van der Waals surface area contributed by atoms with Crippen molar-refractivity contribution in [3.63, 3.8) is 0 Å². The molecule has 0 bridgehead atoms. The second kappa shape index (κ2) is 18.8. The fraction of sp³-hybridized carbons (Fsp3) is 1.00. The summed E-state index contributed by atoms with van der Waals surface area (Å²) in [6, 6.07) is -0.0595. The maximum Gasteiger partial charge on any atom is 0.143 e. The quantitative estimate of drug-likeness (QED) is 0.302. The molecule has 2 radical (unpaired) electrons. The van der Waals surface area contributed by atoms with Crippen LogP contribution in [0.4, 0.5) is 0 Å². The first-order chi connectivity index (χ1) is 10.6. The van der Waals surface area contributed by atoms with Gasteiger partial charge in [-0.15, -0.1) is 0 Å². The minimum absolute atomic E-state index is 0.0595. The fourth-order valence-corrected chi connectivity index (χ4v) is 1.52. The Morgan fingerprint density at radius 3 is 2.27 bits per heavy atom. The number of ether oxygens (including phenoxy) is 4. The largest absolute Gasteiger partial charge is 0.400 e. The van der Waals surface area contributed by atoms with Gasteiger partial charge in [0.15, 0.2) is 0 Å². The van der Waals surface area contributed by atoms with Gasteiger partial charge in [-0.2, -0.15) is 0 Å². The van der Waals surface area contributed by atoms with Gasteiger partial charge in [-0.1, -0.05) is 0 Å². The van der Waals surface area contributed by atoms with Crippen LogP contribution in [0.1, 0.15) is 26.7 Å². The van der Waals surface area contributed by atoms with Crippen LogP contribution in [0.2, 0.25) is 0 Å². The molecule has 0 saturated carbocycles. The lowest BCUT2D eigenvalue weighted by Crippen LogP contribution is -2.19. The van der Waals surface area contributed by atoms with Crippen LogP contribution < -0.4 is 5.73 Å². The van der Waals surface area contributed by atoms with Gasteiger partial charge in [-0.05, 0) is 26.7 Å². The molecule has 7 nitrogen and oxygen atoms in total. The lowest BCUT2D eigenvalue weighted by Gasteiger charge is -2.13. The van der Waals surface area contributed by atoms with Crippen molar-refractivity contribution in [2.45, 2.75) is 44.9 Å². The van der Waals surface area contributed by atoms with E-state index in [2.05, 4.69) is 4.74 Å². The fourth-order valence-electron chi connectivity index (χ4n) is 1.52. The Kier molecular flexibility index (Phi) is 20.6. The molecule has 0 aliphatic carbocycles. The summed E-state index contributed by atoms with van der Waals surface area (Å²) in [5.41, 5.74) is 5.13. The van der Waals surface area contributed by atoms with Crippen molar-refractivity contribution in [2.24, 2.45) is 5.73 Å². The van der Waals surface area contributed by atoms with E-state index >= 15 is 0 Å². The summed E-state index contributed by atoms with van der Waals surface area (Å²) < 4.78 is 20.3. The summed E-state index contributed by atoms with van der Waals surface area (Å²) in [5, 5.41) is 15.1. The zero-order chi connectivity index (χ0) is 17.2. The van der Waals surface area contributed by atoms with Gasteiger partial charge in [0.1, 0.15) is 14.6 Å². The summed E-state index contributed by atoms with van der Waals surface area (Å²) >= 11 is 0. The standard InChI is InChI=1S/C8H15BO2.C5H13NO3.CH4O/c1-6(2)10-5-7-3-4-8(9)11-7;6-1-2-8-3-4-9-5-7;1-2/h6-8H,3-5H2,1-2H3;7H,1-6H2;2H,1H3. The van der Waals surface area contributed by atoms with Gasteiger partial charge in [0.05, 0.1) is 38.6 Å². The molecule has 4 N–H and O–H groups in total. The van der Waals surface area contributed by atoms with Crippen molar-refractivity contribution in [1.82, 2.24) is 0 Å². The van der Waals surface area contributed by atoms with Gasteiger partial charge in [-0.25, -0.2) is 0 Å². The molecule has 0 aromatic heterocycles. The SMILES string of the molecule is CO.NCCOCCOCO.[B]C1CCC(COC(C)C)O1. The Balaban J connectivity index is 0. The number of nitrogens with two attached hydrogens (primary N) is 1. The number of hydrogen-bond acceptors (Lipinski definition) is 7. The van der Waals surface area contributed by atoms with E-state index in [-0.39, 0.29) is 25.0 Å². The van der Waals surface area contributed by atoms with E-state index in [4.69, 9.17) is 38.0 Å². The minimum Gasteiger partial charge on any atom is -0.400 e. The number of aliphatic hydroxyl groups is 2. The summed E-state index contributed by atoms with van der Waals surface area (Å²) in [7, 11) is 6.55. The summed E-state index contributed by atoms with van der Waals surface area (Å²) in [6.07, 6.45) is 2.52. The highest BCUT2D eigenvalue weighted by Crippen LogP contribution is 2.17. The molecule has 1 rings (SSSR count). The van der Waals surface area contributed by atoms with Crippen molar-refractivity contribution in [1.29, 1.82) is 0 Å². The lowest BCUT2D eigenvalue weighted by molar-refractivity contribution is -0.0282. The average molecular weight is 321 g/mol. The van der Waals surface area contributed by atoms with E-state index in [0.29, 0.717) is 33.0 Å². The first-order valence-electron chi connectivity index (χ1n) is 7.53. The molecule has 132 valence electrons. The molecular weight excluding hydrogens is 289 g/mol. The molecular formula is C14H32BNO6. The highest BCUT2D eigenvalue weighted by Gasteiger charge is 2.21. The predicted octanol–water partition coefficient (Wildman–Crippen LogP) is -0.378. The third kappa shape index (κ3) is 17.8. The van der Waals surface area contributed by atoms with Crippen LogP contribution in [0.15, 0.2) is 0 Å². The topological polar surface area (TPSA) is 103 Å². The predicted molar refractivity (Wildman–Crippen MR) is 85.8 cm³/mol. The summed E-state index contributed by atoms with van der Waals surface area (Å²) in [6.45, 7) is 6.49.